The Morgan fingerprint density at radius 3 is 2.83 bits per heavy atom. The number of ether oxygens (including phenoxy) is 2. The minimum absolute atomic E-state index is 0.134. The van der Waals surface area contributed by atoms with Crippen LogP contribution in [0.15, 0.2) is 0 Å². The summed E-state index contributed by atoms with van der Waals surface area (Å²) in [7, 11) is 4.52. The van der Waals surface area contributed by atoms with Crippen LogP contribution >= 0.6 is 11.5 Å². The molecule has 1 aromatic rings. The van der Waals surface area contributed by atoms with Crippen LogP contribution in [0.4, 0.5) is 10.8 Å². The highest BCUT2D eigenvalue weighted by Crippen LogP contribution is 2.30. The second-order valence-corrected chi connectivity index (χ2v) is 4.48. The minimum atomic E-state index is -0.658. The van der Waals surface area contributed by atoms with Gasteiger partial charge in [-0.15, -0.1) is 0 Å². The highest BCUT2D eigenvalue weighted by Gasteiger charge is 2.23. The molecule has 1 heterocycles. The molecule has 0 aromatic carbocycles. The summed E-state index contributed by atoms with van der Waals surface area (Å²) < 4.78 is 13.4. The lowest BCUT2D eigenvalue weighted by Gasteiger charge is -2.21. The van der Waals surface area contributed by atoms with E-state index in [9.17, 15) is 9.90 Å². The fourth-order valence-electron chi connectivity index (χ4n) is 1.49. The van der Waals surface area contributed by atoms with Gasteiger partial charge in [-0.2, -0.15) is 4.37 Å². The number of anilines is 2. The van der Waals surface area contributed by atoms with Crippen molar-refractivity contribution in [1.82, 2.24) is 4.37 Å². The van der Waals surface area contributed by atoms with Crippen molar-refractivity contribution in [2.45, 2.75) is 6.10 Å². The lowest BCUT2D eigenvalue weighted by atomic mass is 10.3. The molecule has 0 aliphatic rings. The van der Waals surface area contributed by atoms with Crippen molar-refractivity contribution in [3.63, 3.8) is 0 Å². The Labute approximate surface area is 109 Å². The van der Waals surface area contributed by atoms with E-state index < -0.39 is 12.1 Å². The second-order valence-electron chi connectivity index (χ2n) is 3.73. The van der Waals surface area contributed by atoms with E-state index in [1.807, 2.05) is 0 Å². The normalized spacial score (nSPS) is 12.2. The van der Waals surface area contributed by atoms with Crippen LogP contribution in [0.2, 0.25) is 0 Å². The highest BCUT2D eigenvalue weighted by atomic mass is 32.1. The van der Waals surface area contributed by atoms with Crippen LogP contribution in [-0.2, 0) is 9.47 Å². The van der Waals surface area contributed by atoms with Crippen molar-refractivity contribution in [3.8, 4) is 0 Å². The monoisotopic (exact) mass is 275 g/mol. The van der Waals surface area contributed by atoms with Gasteiger partial charge in [0.15, 0.2) is 5.82 Å². The maximum atomic E-state index is 11.6. The first kappa shape index (κ1) is 14.7. The molecular weight excluding hydrogens is 258 g/mol. The van der Waals surface area contributed by atoms with Gasteiger partial charge in [0.25, 0.3) is 0 Å². The van der Waals surface area contributed by atoms with E-state index >= 15 is 0 Å². The van der Waals surface area contributed by atoms with Crippen LogP contribution in [-0.4, -0.2) is 56.0 Å². The Morgan fingerprint density at radius 2 is 2.28 bits per heavy atom. The number of esters is 1. The zero-order valence-corrected chi connectivity index (χ0v) is 11.4. The Morgan fingerprint density at radius 1 is 1.61 bits per heavy atom. The fraction of sp³-hybridized carbons (Fsp3) is 0.600. The third-order valence-electron chi connectivity index (χ3n) is 2.28. The molecule has 0 fully saturated rings. The third-order valence-corrected chi connectivity index (χ3v) is 3.26. The van der Waals surface area contributed by atoms with Gasteiger partial charge in [-0.25, -0.2) is 4.79 Å². The number of aliphatic hydroxyl groups is 1. The third kappa shape index (κ3) is 3.31. The molecule has 0 spiro atoms. The minimum Gasteiger partial charge on any atom is -0.465 e. The van der Waals surface area contributed by atoms with Gasteiger partial charge in [-0.1, -0.05) is 0 Å². The molecule has 18 heavy (non-hydrogen) atoms. The van der Waals surface area contributed by atoms with Crippen molar-refractivity contribution in [2.24, 2.45) is 0 Å². The smallest absolute Gasteiger partial charge is 0.344 e. The van der Waals surface area contributed by atoms with Crippen molar-refractivity contribution in [2.75, 3.05) is 45.1 Å². The Hall–Kier alpha value is -1.38. The summed E-state index contributed by atoms with van der Waals surface area (Å²) >= 11 is 1.09. The summed E-state index contributed by atoms with van der Waals surface area (Å²) in [5.41, 5.74) is 5.86. The molecule has 1 atom stereocenters. The van der Waals surface area contributed by atoms with Crippen LogP contribution < -0.4 is 10.6 Å². The molecule has 0 radical (unpaired) electrons. The number of rotatable bonds is 6. The predicted octanol–water partition coefficient (Wildman–Crippen LogP) is -0.0446. The number of nitrogens with two attached hydrogens (primary N) is 1. The fourth-order valence-corrected chi connectivity index (χ4v) is 2.26. The molecule has 0 saturated heterocycles. The van der Waals surface area contributed by atoms with Gasteiger partial charge in [0.1, 0.15) is 10.6 Å². The summed E-state index contributed by atoms with van der Waals surface area (Å²) in [5.74, 6) is -0.403. The molecular formula is C10H17N3O4S. The summed E-state index contributed by atoms with van der Waals surface area (Å²) in [6.45, 7) is 0.519. The highest BCUT2D eigenvalue weighted by molar-refractivity contribution is 7.11. The lowest BCUT2D eigenvalue weighted by Crippen LogP contribution is -2.32. The molecule has 0 saturated carbocycles. The summed E-state index contributed by atoms with van der Waals surface area (Å²) in [6, 6.07) is 0. The second kappa shape index (κ2) is 6.53. The summed E-state index contributed by atoms with van der Waals surface area (Å²) in [4.78, 5) is 13.3. The standard InChI is InChI=1S/C10H17N3O4S/c1-13(4-6(14)5-16-2)9-7(10(15)17-3)8(11)12-18-9/h6,14H,4-5H2,1-3H3,(H2,11,12). The molecule has 102 valence electrons. The summed E-state index contributed by atoms with van der Waals surface area (Å²) in [5, 5.41) is 10.2. The zero-order chi connectivity index (χ0) is 13.7. The first-order chi connectivity index (χ1) is 8.51. The van der Waals surface area contributed by atoms with E-state index in [4.69, 9.17) is 10.5 Å². The van der Waals surface area contributed by atoms with E-state index in [1.165, 1.54) is 14.2 Å². The first-order valence-corrected chi connectivity index (χ1v) is 6.00. The number of methoxy groups -OCH3 is 2. The molecule has 1 rings (SSSR count). The van der Waals surface area contributed by atoms with Gasteiger partial charge in [-0.3, -0.25) is 0 Å². The summed E-state index contributed by atoms with van der Waals surface area (Å²) in [6.07, 6.45) is -0.658. The van der Waals surface area contributed by atoms with Crippen LogP contribution in [0.3, 0.4) is 0 Å². The molecule has 3 N–H and O–H groups in total. The number of aliphatic hydroxyl groups excluding tert-OH is 1. The van der Waals surface area contributed by atoms with Gasteiger partial charge in [0, 0.05) is 20.7 Å². The molecule has 0 bridgehead atoms. The van der Waals surface area contributed by atoms with Crippen LogP contribution in [0, 0.1) is 0 Å². The van der Waals surface area contributed by atoms with Gasteiger partial charge in [0.2, 0.25) is 0 Å². The topological polar surface area (TPSA) is 97.9 Å². The Bertz CT molecular complexity index is 410. The molecule has 0 aliphatic carbocycles. The first-order valence-electron chi connectivity index (χ1n) is 5.22. The van der Waals surface area contributed by atoms with Crippen LogP contribution in [0.5, 0.6) is 0 Å². The number of nitrogens with zero attached hydrogens (tertiary/aromatic N) is 2. The van der Waals surface area contributed by atoms with E-state index in [-0.39, 0.29) is 18.0 Å². The lowest BCUT2D eigenvalue weighted by molar-refractivity contribution is 0.0600. The number of carbonyl (C=O) groups excluding carboxylic acids is 1. The van der Waals surface area contributed by atoms with E-state index in [0.717, 1.165) is 11.5 Å². The average Bonchev–Trinajstić information content (AvgIpc) is 2.70. The van der Waals surface area contributed by atoms with E-state index in [0.29, 0.717) is 11.5 Å². The number of likely N-dealkylation sites (N-methyl/N-ethyl adjacent to an activating group) is 1. The quantitative estimate of drug-likeness (QED) is 0.703. The van der Waals surface area contributed by atoms with Crippen molar-refractivity contribution in [3.05, 3.63) is 5.56 Å². The van der Waals surface area contributed by atoms with Gasteiger partial charge >= 0.3 is 5.97 Å². The van der Waals surface area contributed by atoms with Crippen molar-refractivity contribution < 1.29 is 19.4 Å². The number of aromatic nitrogens is 1. The number of nitrogen functional groups attached to an aromatic ring is 1. The number of hydrogen-bond donors (Lipinski definition) is 2. The van der Waals surface area contributed by atoms with Gasteiger partial charge in [-0.05, 0) is 11.5 Å². The maximum absolute atomic E-state index is 11.6. The van der Waals surface area contributed by atoms with E-state index in [2.05, 4.69) is 9.11 Å². The Kier molecular flexibility index (Phi) is 5.32. The van der Waals surface area contributed by atoms with Gasteiger partial charge < -0.3 is 25.2 Å². The number of carbonyl (C=O) groups is 1. The Balaban J connectivity index is 2.86. The van der Waals surface area contributed by atoms with Crippen LogP contribution in [0.25, 0.3) is 0 Å². The SMILES string of the molecule is COCC(O)CN(C)c1snc(N)c1C(=O)OC. The maximum Gasteiger partial charge on any atom is 0.344 e. The molecule has 7 nitrogen and oxygen atoms in total. The van der Waals surface area contributed by atoms with Crippen molar-refractivity contribution >= 4 is 28.3 Å². The molecule has 8 heteroatoms. The number of hydrogen-bond acceptors (Lipinski definition) is 8. The molecule has 0 amide bonds. The molecule has 1 aromatic heterocycles. The van der Waals surface area contributed by atoms with Crippen LogP contribution in [0.1, 0.15) is 10.4 Å². The van der Waals surface area contributed by atoms with Gasteiger partial charge in [0.05, 0.1) is 19.8 Å². The molecule has 0 aliphatic heterocycles. The zero-order valence-electron chi connectivity index (χ0n) is 10.5. The van der Waals surface area contributed by atoms with E-state index in [1.54, 1.807) is 11.9 Å². The average molecular weight is 275 g/mol. The largest absolute Gasteiger partial charge is 0.465 e. The molecule has 1 unspecified atom stereocenters. The van der Waals surface area contributed by atoms with Crippen molar-refractivity contribution in [1.29, 1.82) is 0 Å². The predicted molar refractivity (Wildman–Crippen MR) is 69.0 cm³/mol.